The number of non-ortho nitro benzene ring substituents is 2. The number of rotatable bonds is 3. The molecule has 2 heterocycles. The van der Waals surface area contributed by atoms with Crippen molar-refractivity contribution in [3.8, 4) is 11.5 Å². The predicted octanol–water partition coefficient (Wildman–Crippen LogP) is 2.89. The van der Waals surface area contributed by atoms with Crippen molar-refractivity contribution in [2.45, 2.75) is 0 Å². The van der Waals surface area contributed by atoms with Crippen LogP contribution in [0, 0.1) is 20.2 Å². The fourth-order valence-electron chi connectivity index (χ4n) is 2.50. The lowest BCUT2D eigenvalue weighted by atomic mass is 10.2. The third-order valence-corrected chi connectivity index (χ3v) is 4.02. The topological polar surface area (TPSA) is 150 Å². The Hall–Kier alpha value is -3.84. The second-order valence-corrected chi connectivity index (χ2v) is 6.33. The molecule has 13 heteroatoms. The van der Waals surface area contributed by atoms with Crippen LogP contribution in [-0.4, -0.2) is 41.0 Å². The maximum Gasteiger partial charge on any atom is 0.273 e. The molecule has 2 aromatic carbocycles. The van der Waals surface area contributed by atoms with E-state index in [0.29, 0.717) is 33.7 Å². The Bertz CT molecular complexity index is 1040. The van der Waals surface area contributed by atoms with Crippen molar-refractivity contribution in [1.29, 1.82) is 0 Å². The average molecular weight is 433 g/mol. The molecule has 0 fully saturated rings. The van der Waals surface area contributed by atoms with Crippen molar-refractivity contribution in [1.82, 2.24) is 5.48 Å². The van der Waals surface area contributed by atoms with E-state index in [1.807, 2.05) is 0 Å². The number of fused-ring (bicyclic) bond motifs is 2. The summed E-state index contributed by atoms with van der Waals surface area (Å²) in [5, 5.41) is 23.9. The Morgan fingerprint density at radius 3 is 2.37 bits per heavy atom. The maximum atomic E-state index is 10.5. The summed E-state index contributed by atoms with van der Waals surface area (Å²) < 4.78 is 10.5. The second-order valence-electron chi connectivity index (χ2n) is 5.84. The van der Waals surface area contributed by atoms with Crippen molar-refractivity contribution in [3.05, 3.63) is 56.6 Å². The van der Waals surface area contributed by atoms with E-state index in [4.69, 9.17) is 21.7 Å². The van der Waals surface area contributed by atoms with Gasteiger partial charge in [0.1, 0.15) is 29.6 Å². The Balaban J connectivity index is 0.000000172. The third kappa shape index (κ3) is 4.95. The molecule has 0 aromatic heterocycles. The van der Waals surface area contributed by atoms with Crippen molar-refractivity contribution >= 4 is 45.8 Å². The van der Waals surface area contributed by atoms with Crippen LogP contribution in [0.15, 0.2) is 41.4 Å². The fraction of sp³-hybridized carbons (Fsp3) is 0.176. The molecule has 0 bridgehead atoms. The highest BCUT2D eigenvalue weighted by molar-refractivity contribution is 7.80. The number of benzene rings is 2. The quantitative estimate of drug-likeness (QED) is 0.420. The number of aliphatic imine (C=N–C) groups is 1. The van der Waals surface area contributed by atoms with Crippen molar-refractivity contribution in [3.63, 3.8) is 0 Å². The van der Waals surface area contributed by atoms with E-state index in [1.165, 1.54) is 37.4 Å². The van der Waals surface area contributed by atoms with E-state index in [1.54, 1.807) is 6.07 Å². The molecule has 0 atom stereocenters. The summed E-state index contributed by atoms with van der Waals surface area (Å²) in [6, 6.07) is 8.62. The van der Waals surface area contributed by atoms with Gasteiger partial charge >= 0.3 is 0 Å². The largest absolute Gasteiger partial charge is 0.484 e. The minimum absolute atomic E-state index is 0.0124. The highest BCUT2D eigenvalue weighted by atomic mass is 32.1. The first kappa shape index (κ1) is 20.9. The zero-order valence-corrected chi connectivity index (χ0v) is 16.3. The van der Waals surface area contributed by atoms with Crippen LogP contribution in [0.2, 0.25) is 0 Å². The molecular weight excluding hydrogens is 418 g/mol. The van der Waals surface area contributed by atoms with Crippen LogP contribution in [0.3, 0.4) is 0 Å². The van der Waals surface area contributed by atoms with Gasteiger partial charge in [-0.1, -0.05) is 12.2 Å². The van der Waals surface area contributed by atoms with Gasteiger partial charge in [-0.3, -0.25) is 30.5 Å². The second kappa shape index (κ2) is 9.11. The molecule has 0 saturated heterocycles. The summed E-state index contributed by atoms with van der Waals surface area (Å²) in [7, 11) is 1.47. The standard InChI is InChI=1S/C9H9N3O4.C8H6N2O3S/c1-15-11-9-5-16-8-4-6(12(13)14)2-3-7(8)10-9;11-10(12)5-1-2-6-7(3-5)13-4-8(14)9-6/h2-4H,5H2,1H3,(H,10,11);1-3H,4H2,(H,9,14). The van der Waals surface area contributed by atoms with E-state index in [0.717, 1.165) is 0 Å². The molecule has 4 rings (SSSR count). The van der Waals surface area contributed by atoms with Gasteiger partial charge in [-0.15, -0.1) is 0 Å². The minimum atomic E-state index is -0.476. The molecule has 2 aromatic rings. The van der Waals surface area contributed by atoms with Gasteiger partial charge in [0.25, 0.3) is 11.4 Å². The SMILES string of the molecule is CONC1=Nc2ccc([N+](=O)[O-])cc2OC1.O=[N+]([O-])c1ccc2c(c1)OCC(=S)N2. The molecule has 0 amide bonds. The first-order valence-corrected chi connectivity index (χ1v) is 8.77. The number of thiocarbonyl (C=S) groups is 1. The summed E-state index contributed by atoms with van der Waals surface area (Å²) in [5.74, 6) is 1.38. The van der Waals surface area contributed by atoms with Gasteiger partial charge in [0, 0.05) is 12.1 Å². The number of anilines is 1. The van der Waals surface area contributed by atoms with Crippen LogP contribution in [0.4, 0.5) is 22.7 Å². The van der Waals surface area contributed by atoms with Crippen LogP contribution in [0.5, 0.6) is 11.5 Å². The number of nitro groups is 2. The zero-order chi connectivity index (χ0) is 21.7. The van der Waals surface area contributed by atoms with E-state index in [2.05, 4.69) is 20.6 Å². The predicted molar refractivity (Wildman–Crippen MR) is 111 cm³/mol. The van der Waals surface area contributed by atoms with Gasteiger partial charge in [0.2, 0.25) is 0 Å². The normalized spacial score (nSPS) is 13.6. The van der Waals surface area contributed by atoms with Crippen LogP contribution in [0.25, 0.3) is 0 Å². The van der Waals surface area contributed by atoms with Crippen molar-refractivity contribution in [2.75, 3.05) is 25.6 Å². The molecule has 0 spiro atoms. The lowest BCUT2D eigenvalue weighted by Crippen LogP contribution is -2.29. The van der Waals surface area contributed by atoms with Crippen LogP contribution < -0.4 is 20.3 Å². The number of nitrogens with one attached hydrogen (secondary N) is 2. The molecular formula is C17H15N5O7S. The summed E-state index contributed by atoms with van der Waals surface area (Å²) in [6.45, 7) is 0.464. The summed E-state index contributed by atoms with van der Waals surface area (Å²) in [6.07, 6.45) is 0. The minimum Gasteiger partial charge on any atom is -0.484 e. The lowest BCUT2D eigenvalue weighted by molar-refractivity contribution is -0.385. The molecule has 30 heavy (non-hydrogen) atoms. The Kier molecular flexibility index (Phi) is 6.34. The first-order valence-electron chi connectivity index (χ1n) is 8.36. The van der Waals surface area contributed by atoms with Crippen LogP contribution >= 0.6 is 12.2 Å². The molecule has 0 radical (unpaired) electrons. The van der Waals surface area contributed by atoms with E-state index < -0.39 is 9.85 Å². The fourth-order valence-corrected chi connectivity index (χ4v) is 2.66. The number of nitrogens with zero attached hydrogens (tertiary/aromatic N) is 3. The van der Waals surface area contributed by atoms with Crippen LogP contribution in [0.1, 0.15) is 0 Å². The summed E-state index contributed by atoms with van der Waals surface area (Å²) in [4.78, 5) is 29.5. The van der Waals surface area contributed by atoms with Gasteiger partial charge < -0.3 is 14.8 Å². The van der Waals surface area contributed by atoms with Gasteiger partial charge in [0.15, 0.2) is 11.6 Å². The Morgan fingerprint density at radius 1 is 1.07 bits per heavy atom. The zero-order valence-electron chi connectivity index (χ0n) is 15.5. The molecule has 2 aliphatic rings. The van der Waals surface area contributed by atoms with Gasteiger partial charge in [0.05, 0.1) is 34.8 Å². The van der Waals surface area contributed by atoms with E-state index in [9.17, 15) is 20.2 Å². The summed E-state index contributed by atoms with van der Waals surface area (Å²) >= 11 is 4.90. The number of hydrogen-bond acceptors (Lipinski definition) is 10. The Labute approximate surface area is 174 Å². The van der Waals surface area contributed by atoms with Crippen molar-refractivity contribution < 1.29 is 24.2 Å². The molecule has 2 N–H and O–H groups in total. The number of hydrogen-bond donors (Lipinski definition) is 2. The van der Waals surface area contributed by atoms with E-state index in [-0.39, 0.29) is 24.6 Å². The number of amidine groups is 1. The molecule has 0 aliphatic carbocycles. The molecule has 0 unspecified atom stereocenters. The van der Waals surface area contributed by atoms with E-state index >= 15 is 0 Å². The highest BCUT2D eigenvalue weighted by Gasteiger charge is 2.18. The molecule has 156 valence electrons. The lowest BCUT2D eigenvalue weighted by Gasteiger charge is -2.18. The maximum absolute atomic E-state index is 10.5. The van der Waals surface area contributed by atoms with Gasteiger partial charge in [-0.05, 0) is 12.1 Å². The monoisotopic (exact) mass is 433 g/mol. The van der Waals surface area contributed by atoms with Gasteiger partial charge in [-0.25, -0.2) is 4.99 Å². The highest BCUT2D eigenvalue weighted by Crippen LogP contribution is 2.34. The van der Waals surface area contributed by atoms with Crippen molar-refractivity contribution in [2.24, 2.45) is 4.99 Å². The number of ether oxygens (including phenoxy) is 2. The molecule has 2 aliphatic heterocycles. The number of nitro benzene ring substituents is 2. The first-order chi connectivity index (χ1) is 14.4. The smallest absolute Gasteiger partial charge is 0.273 e. The van der Waals surface area contributed by atoms with Gasteiger partial charge in [-0.2, -0.15) is 0 Å². The third-order valence-electron chi connectivity index (χ3n) is 3.80. The summed E-state index contributed by atoms with van der Waals surface area (Å²) in [5.41, 5.74) is 3.76. The molecule has 0 saturated carbocycles. The Morgan fingerprint density at radius 2 is 1.70 bits per heavy atom. The van der Waals surface area contributed by atoms with Crippen LogP contribution in [-0.2, 0) is 4.84 Å². The molecule has 12 nitrogen and oxygen atoms in total. The number of hydroxylamine groups is 1. The average Bonchev–Trinajstić information content (AvgIpc) is 2.73.